The fraction of sp³-hybridized carbons (Fsp3) is 0.308. The number of aromatic nitrogens is 2. The lowest BCUT2D eigenvalue weighted by molar-refractivity contribution is 0.258. The number of benzene rings is 1. The molecule has 2 rings (SSSR count). The van der Waals surface area contributed by atoms with Crippen LogP contribution in [0.1, 0.15) is 25.1 Å². The summed E-state index contributed by atoms with van der Waals surface area (Å²) in [5, 5.41) is 9.94. The molecule has 0 aliphatic heterocycles. The first-order valence-corrected chi connectivity index (χ1v) is 6.04. The molecule has 0 saturated carbocycles. The number of hydrogen-bond acceptors (Lipinski definition) is 2. The van der Waals surface area contributed by atoms with E-state index < -0.39 is 0 Å². The van der Waals surface area contributed by atoms with E-state index >= 15 is 0 Å². The summed E-state index contributed by atoms with van der Waals surface area (Å²) in [6, 6.07) is 7.58. The molecule has 1 unspecified atom stereocenters. The number of H-pyrrole nitrogens is 1. The molecule has 0 spiro atoms. The zero-order chi connectivity index (χ0) is 12.3. The van der Waals surface area contributed by atoms with Gasteiger partial charge in [-0.2, -0.15) is 0 Å². The highest BCUT2D eigenvalue weighted by Crippen LogP contribution is 2.22. The summed E-state index contributed by atoms with van der Waals surface area (Å²) < 4.78 is 0. The summed E-state index contributed by atoms with van der Waals surface area (Å²) in [6.07, 6.45) is 2.65. The molecule has 17 heavy (non-hydrogen) atoms. The second-order valence-corrected chi connectivity index (χ2v) is 4.41. The Bertz CT molecular complexity index is 474. The first-order chi connectivity index (χ1) is 8.24. The maximum absolute atomic E-state index is 9.22. The van der Waals surface area contributed by atoms with E-state index in [-0.39, 0.29) is 12.5 Å². The Hall–Kier alpha value is -1.32. The van der Waals surface area contributed by atoms with Crippen LogP contribution < -0.4 is 0 Å². The third-order valence-corrected chi connectivity index (χ3v) is 3.10. The van der Waals surface area contributed by atoms with Crippen LogP contribution in [0, 0.1) is 0 Å². The van der Waals surface area contributed by atoms with Crippen LogP contribution in [-0.2, 0) is 0 Å². The summed E-state index contributed by atoms with van der Waals surface area (Å²) in [4.78, 5) is 7.55. The van der Waals surface area contributed by atoms with Gasteiger partial charge in [0.25, 0.3) is 0 Å². The number of hydrogen-bond donors (Lipinski definition) is 2. The molecule has 90 valence electrons. The van der Waals surface area contributed by atoms with Crippen molar-refractivity contribution >= 4 is 11.6 Å². The molecule has 0 bridgehead atoms. The highest BCUT2D eigenvalue weighted by molar-refractivity contribution is 6.30. The van der Waals surface area contributed by atoms with Gasteiger partial charge in [0.05, 0.1) is 18.5 Å². The summed E-state index contributed by atoms with van der Waals surface area (Å²) in [6.45, 7) is 2.15. The molecule has 3 nitrogen and oxygen atoms in total. The Morgan fingerprint density at radius 2 is 2.06 bits per heavy atom. The number of aliphatic hydroxyl groups excluding tert-OH is 1. The van der Waals surface area contributed by atoms with Gasteiger partial charge < -0.3 is 10.1 Å². The molecule has 0 aliphatic rings. The van der Waals surface area contributed by atoms with Gasteiger partial charge in [0, 0.05) is 10.9 Å². The highest BCUT2D eigenvalue weighted by atomic mass is 35.5. The standard InChI is InChI=1S/C13H15ClN2O/c1-2-9(8-17)13-15-7-12(16-13)10-3-5-11(14)6-4-10/h3-7,9,17H,2,8H2,1H3,(H,15,16). The van der Waals surface area contributed by atoms with E-state index in [1.165, 1.54) is 0 Å². The van der Waals surface area contributed by atoms with Crippen molar-refractivity contribution in [2.24, 2.45) is 0 Å². The van der Waals surface area contributed by atoms with Crippen LogP contribution in [0.5, 0.6) is 0 Å². The molecule has 0 amide bonds. The number of nitrogens with zero attached hydrogens (tertiary/aromatic N) is 1. The lowest BCUT2D eigenvalue weighted by Gasteiger charge is -2.07. The van der Waals surface area contributed by atoms with Crippen LogP contribution in [-0.4, -0.2) is 21.7 Å². The minimum absolute atomic E-state index is 0.0797. The van der Waals surface area contributed by atoms with Crippen molar-refractivity contribution in [3.8, 4) is 11.3 Å². The van der Waals surface area contributed by atoms with Crippen molar-refractivity contribution in [1.29, 1.82) is 0 Å². The molecular formula is C13H15ClN2O. The Kier molecular flexibility index (Phi) is 3.82. The molecule has 2 N–H and O–H groups in total. The monoisotopic (exact) mass is 250 g/mol. The van der Waals surface area contributed by atoms with Gasteiger partial charge in [-0.05, 0) is 24.1 Å². The molecule has 1 atom stereocenters. The number of aromatic amines is 1. The van der Waals surface area contributed by atoms with E-state index in [1.807, 2.05) is 31.2 Å². The molecule has 2 aromatic rings. The second kappa shape index (κ2) is 5.34. The van der Waals surface area contributed by atoms with E-state index in [9.17, 15) is 5.11 Å². The normalized spacial score (nSPS) is 12.6. The van der Waals surface area contributed by atoms with Crippen LogP contribution in [0.2, 0.25) is 5.02 Å². The maximum atomic E-state index is 9.22. The molecule has 1 aromatic heterocycles. The highest BCUT2D eigenvalue weighted by Gasteiger charge is 2.12. The Balaban J connectivity index is 2.26. The molecule has 0 aliphatic carbocycles. The quantitative estimate of drug-likeness (QED) is 0.875. The minimum Gasteiger partial charge on any atom is -0.396 e. The van der Waals surface area contributed by atoms with Crippen LogP contribution in [0.15, 0.2) is 30.5 Å². The zero-order valence-electron chi connectivity index (χ0n) is 9.65. The van der Waals surface area contributed by atoms with Crippen LogP contribution >= 0.6 is 11.6 Å². The second-order valence-electron chi connectivity index (χ2n) is 3.98. The Morgan fingerprint density at radius 1 is 1.35 bits per heavy atom. The van der Waals surface area contributed by atoms with Crippen molar-refractivity contribution in [2.75, 3.05) is 6.61 Å². The largest absolute Gasteiger partial charge is 0.396 e. The predicted molar refractivity (Wildman–Crippen MR) is 69.2 cm³/mol. The summed E-state index contributed by atoms with van der Waals surface area (Å²) in [7, 11) is 0. The first kappa shape index (κ1) is 12.1. The Morgan fingerprint density at radius 3 is 2.65 bits per heavy atom. The summed E-state index contributed by atoms with van der Waals surface area (Å²) >= 11 is 5.84. The smallest absolute Gasteiger partial charge is 0.111 e. The van der Waals surface area contributed by atoms with E-state index in [0.717, 1.165) is 28.5 Å². The van der Waals surface area contributed by atoms with Gasteiger partial charge in [-0.25, -0.2) is 4.98 Å². The van der Waals surface area contributed by atoms with Crippen molar-refractivity contribution in [1.82, 2.24) is 9.97 Å². The lowest BCUT2D eigenvalue weighted by atomic mass is 10.1. The zero-order valence-corrected chi connectivity index (χ0v) is 10.4. The molecule has 4 heteroatoms. The molecular weight excluding hydrogens is 236 g/mol. The third-order valence-electron chi connectivity index (χ3n) is 2.85. The van der Waals surface area contributed by atoms with Crippen molar-refractivity contribution < 1.29 is 5.11 Å². The van der Waals surface area contributed by atoms with Crippen LogP contribution in [0.4, 0.5) is 0 Å². The van der Waals surface area contributed by atoms with Gasteiger partial charge in [0.1, 0.15) is 5.82 Å². The third kappa shape index (κ3) is 2.68. The minimum atomic E-state index is 0.0797. The van der Waals surface area contributed by atoms with Gasteiger partial charge >= 0.3 is 0 Å². The number of nitrogens with one attached hydrogen (secondary N) is 1. The van der Waals surface area contributed by atoms with Crippen molar-refractivity contribution in [2.45, 2.75) is 19.3 Å². The fourth-order valence-corrected chi connectivity index (χ4v) is 1.86. The number of halogens is 1. The SMILES string of the molecule is CCC(CO)c1ncc(-c2ccc(Cl)cc2)[nH]1. The molecule has 0 radical (unpaired) electrons. The van der Waals surface area contributed by atoms with Gasteiger partial charge in [-0.15, -0.1) is 0 Å². The van der Waals surface area contributed by atoms with Gasteiger partial charge in [-0.3, -0.25) is 0 Å². The average Bonchev–Trinajstić information content (AvgIpc) is 2.81. The number of imidazole rings is 1. The van der Waals surface area contributed by atoms with Crippen LogP contribution in [0.3, 0.4) is 0 Å². The number of rotatable bonds is 4. The summed E-state index contributed by atoms with van der Waals surface area (Å²) in [5.41, 5.74) is 1.99. The van der Waals surface area contributed by atoms with Gasteiger partial charge in [0.15, 0.2) is 0 Å². The van der Waals surface area contributed by atoms with Crippen molar-refractivity contribution in [3.63, 3.8) is 0 Å². The van der Waals surface area contributed by atoms with Crippen molar-refractivity contribution in [3.05, 3.63) is 41.3 Å². The van der Waals surface area contributed by atoms with Gasteiger partial charge in [0.2, 0.25) is 0 Å². The first-order valence-electron chi connectivity index (χ1n) is 5.66. The van der Waals surface area contributed by atoms with E-state index in [1.54, 1.807) is 6.20 Å². The molecule has 0 saturated heterocycles. The molecule has 0 fully saturated rings. The van der Waals surface area contributed by atoms with E-state index in [2.05, 4.69) is 9.97 Å². The van der Waals surface area contributed by atoms with Crippen LogP contribution in [0.25, 0.3) is 11.3 Å². The van der Waals surface area contributed by atoms with E-state index in [0.29, 0.717) is 0 Å². The topological polar surface area (TPSA) is 48.9 Å². The lowest BCUT2D eigenvalue weighted by Crippen LogP contribution is -2.04. The average molecular weight is 251 g/mol. The molecule has 1 aromatic carbocycles. The van der Waals surface area contributed by atoms with Gasteiger partial charge in [-0.1, -0.05) is 30.7 Å². The fourth-order valence-electron chi connectivity index (χ4n) is 1.73. The summed E-state index contributed by atoms with van der Waals surface area (Å²) in [5.74, 6) is 0.913. The number of aliphatic hydroxyl groups is 1. The Labute approximate surface area is 105 Å². The maximum Gasteiger partial charge on any atom is 0.111 e. The van der Waals surface area contributed by atoms with E-state index in [4.69, 9.17) is 11.6 Å². The molecule has 1 heterocycles. The predicted octanol–water partition coefficient (Wildman–Crippen LogP) is 3.22.